The van der Waals surface area contributed by atoms with Gasteiger partial charge in [-0.05, 0) is 67.4 Å². The van der Waals surface area contributed by atoms with Gasteiger partial charge in [0.05, 0.1) is 16.6 Å². The molecular weight excluding hydrogens is 625 g/mol. The Balaban J connectivity index is 1.31. The first-order valence-electron chi connectivity index (χ1n) is 14.4. The smallest absolute Gasteiger partial charge is 0.424 e. The number of nitrogens with zero attached hydrogens (tertiary/aromatic N) is 5. The third-order valence-electron chi connectivity index (χ3n) is 7.52. The summed E-state index contributed by atoms with van der Waals surface area (Å²) in [5.41, 5.74) is 2.31. The van der Waals surface area contributed by atoms with E-state index in [-0.39, 0.29) is 17.6 Å². The van der Waals surface area contributed by atoms with E-state index < -0.39 is 18.1 Å². The average molecular weight is 651 g/mol. The molecule has 0 aliphatic heterocycles. The number of carbonyl (C=O) groups excluding carboxylic acids is 2. The zero-order valence-electron chi connectivity index (χ0n) is 24.3. The number of rotatable bonds is 7. The van der Waals surface area contributed by atoms with Crippen molar-refractivity contribution >= 4 is 40.5 Å². The van der Waals surface area contributed by atoms with Gasteiger partial charge in [0.2, 0.25) is 5.95 Å². The summed E-state index contributed by atoms with van der Waals surface area (Å²) in [4.78, 5) is 41.5. The van der Waals surface area contributed by atoms with E-state index in [1.54, 1.807) is 43.4 Å². The van der Waals surface area contributed by atoms with Gasteiger partial charge in [-0.3, -0.25) is 0 Å². The molecule has 0 saturated heterocycles. The number of alkyl halides is 3. The molecule has 5 aromatic rings. The second-order valence-electron chi connectivity index (χ2n) is 10.6. The SMILES string of the molecule is CNc1nc(Oc2ccc(-c3nc4cc(C(=O)OC(=O)C(F)(F)F)ccc4n3C3CCCCC3)cc2)nc(-c2cccc(Cl)c2)n1. The molecule has 3 aromatic carbocycles. The van der Waals surface area contributed by atoms with Crippen molar-refractivity contribution in [3.63, 3.8) is 0 Å². The van der Waals surface area contributed by atoms with Crippen LogP contribution < -0.4 is 10.1 Å². The molecule has 0 atom stereocenters. The fraction of sp³-hybridized carbons (Fsp3) is 0.250. The number of carbonyl (C=O) groups is 2. The van der Waals surface area contributed by atoms with E-state index in [0.29, 0.717) is 45.0 Å². The molecule has 2 aromatic heterocycles. The molecule has 1 aliphatic rings. The van der Waals surface area contributed by atoms with Crippen LogP contribution in [0.2, 0.25) is 5.02 Å². The Hall–Kier alpha value is -5.04. The van der Waals surface area contributed by atoms with Gasteiger partial charge in [-0.15, -0.1) is 0 Å². The average Bonchev–Trinajstić information content (AvgIpc) is 3.44. The third kappa shape index (κ3) is 6.64. The van der Waals surface area contributed by atoms with Crippen molar-refractivity contribution < 1.29 is 32.2 Å². The number of anilines is 1. The number of benzene rings is 3. The number of aromatic nitrogens is 5. The van der Waals surface area contributed by atoms with Crippen LogP contribution in [0.5, 0.6) is 11.8 Å². The molecule has 0 spiro atoms. The zero-order valence-corrected chi connectivity index (χ0v) is 25.1. The topological polar surface area (TPSA) is 121 Å². The van der Waals surface area contributed by atoms with E-state index in [1.165, 1.54) is 12.1 Å². The van der Waals surface area contributed by atoms with E-state index in [0.717, 1.165) is 37.7 Å². The monoisotopic (exact) mass is 650 g/mol. The molecule has 1 N–H and O–H groups in total. The van der Waals surface area contributed by atoms with Gasteiger partial charge in [0, 0.05) is 29.2 Å². The van der Waals surface area contributed by atoms with Gasteiger partial charge < -0.3 is 19.4 Å². The summed E-state index contributed by atoms with van der Waals surface area (Å²) in [5.74, 6) is -2.23. The molecule has 14 heteroatoms. The maximum atomic E-state index is 12.6. The fourth-order valence-corrected chi connectivity index (χ4v) is 5.58. The first-order chi connectivity index (χ1) is 22.1. The van der Waals surface area contributed by atoms with Crippen LogP contribution in [0.15, 0.2) is 66.7 Å². The van der Waals surface area contributed by atoms with Crippen molar-refractivity contribution in [1.82, 2.24) is 24.5 Å². The molecule has 0 amide bonds. The fourth-order valence-electron chi connectivity index (χ4n) is 5.39. The minimum absolute atomic E-state index is 0.0694. The molecule has 10 nitrogen and oxygen atoms in total. The van der Waals surface area contributed by atoms with Gasteiger partial charge in [-0.2, -0.15) is 28.1 Å². The van der Waals surface area contributed by atoms with Crippen molar-refractivity contribution in [3.8, 4) is 34.5 Å². The van der Waals surface area contributed by atoms with Crippen LogP contribution in [0.1, 0.15) is 48.5 Å². The Morgan fingerprint density at radius 1 is 0.913 bits per heavy atom. The van der Waals surface area contributed by atoms with Gasteiger partial charge >= 0.3 is 24.1 Å². The number of imidazole rings is 1. The van der Waals surface area contributed by atoms with E-state index >= 15 is 0 Å². The van der Waals surface area contributed by atoms with Crippen LogP contribution in [0.3, 0.4) is 0 Å². The lowest BCUT2D eigenvalue weighted by Gasteiger charge is -2.25. The Morgan fingerprint density at radius 3 is 2.37 bits per heavy atom. The summed E-state index contributed by atoms with van der Waals surface area (Å²) in [5, 5.41) is 3.44. The highest BCUT2D eigenvalue weighted by atomic mass is 35.5. The van der Waals surface area contributed by atoms with Crippen molar-refractivity contribution in [3.05, 3.63) is 77.3 Å². The lowest BCUT2D eigenvalue weighted by molar-refractivity contribution is -0.193. The number of esters is 2. The van der Waals surface area contributed by atoms with Gasteiger partial charge in [0.1, 0.15) is 11.6 Å². The van der Waals surface area contributed by atoms with Crippen molar-refractivity contribution in [1.29, 1.82) is 0 Å². The van der Waals surface area contributed by atoms with E-state index in [4.69, 9.17) is 21.3 Å². The Morgan fingerprint density at radius 2 is 1.67 bits per heavy atom. The molecule has 46 heavy (non-hydrogen) atoms. The van der Waals surface area contributed by atoms with Crippen molar-refractivity contribution in [2.75, 3.05) is 12.4 Å². The van der Waals surface area contributed by atoms with Crippen LogP contribution in [0.25, 0.3) is 33.8 Å². The highest BCUT2D eigenvalue weighted by molar-refractivity contribution is 6.30. The Bertz CT molecular complexity index is 1920. The lowest BCUT2D eigenvalue weighted by atomic mass is 9.95. The molecule has 0 bridgehead atoms. The normalized spacial score (nSPS) is 13.8. The van der Waals surface area contributed by atoms with E-state index in [1.807, 2.05) is 18.2 Å². The molecule has 236 valence electrons. The zero-order chi connectivity index (χ0) is 32.4. The van der Waals surface area contributed by atoms with Crippen LogP contribution >= 0.6 is 11.6 Å². The molecule has 1 fully saturated rings. The summed E-state index contributed by atoms with van der Waals surface area (Å²) in [7, 11) is 1.68. The second kappa shape index (κ2) is 12.8. The first-order valence-corrected chi connectivity index (χ1v) is 14.8. The third-order valence-corrected chi connectivity index (χ3v) is 7.76. The van der Waals surface area contributed by atoms with Gasteiger partial charge in [-0.25, -0.2) is 14.6 Å². The second-order valence-corrected chi connectivity index (χ2v) is 11.1. The predicted octanol–water partition coefficient (Wildman–Crippen LogP) is 7.79. The standard InChI is InChI=1S/C32H26ClF3N6O4/c1-37-30-39-26(19-6-5-7-21(33)16-19)40-31(41-30)45-23-13-10-18(11-14-23)27-38-24-17-20(28(43)46-29(44)32(34,35)36)12-15-25(24)42(27)22-8-3-2-4-9-22/h5-7,10-17,22H,2-4,8-9H2,1H3,(H,37,39,40,41). The summed E-state index contributed by atoms with van der Waals surface area (Å²) >= 11 is 6.15. The molecule has 1 aliphatic carbocycles. The van der Waals surface area contributed by atoms with Crippen LogP contribution in [-0.2, 0) is 9.53 Å². The molecule has 2 heterocycles. The maximum absolute atomic E-state index is 12.6. The van der Waals surface area contributed by atoms with Crippen molar-refractivity contribution in [2.45, 2.75) is 44.3 Å². The van der Waals surface area contributed by atoms with Crippen LogP contribution in [-0.4, -0.2) is 49.7 Å². The Kier molecular flexibility index (Phi) is 8.59. The molecule has 6 rings (SSSR count). The number of ether oxygens (including phenoxy) is 2. The lowest BCUT2D eigenvalue weighted by Crippen LogP contribution is -2.28. The molecule has 0 unspecified atom stereocenters. The number of halogens is 4. The summed E-state index contributed by atoms with van der Waals surface area (Å²) in [6.07, 6.45) is -0.241. The minimum Gasteiger partial charge on any atom is -0.424 e. The number of hydrogen-bond donors (Lipinski definition) is 1. The molecular formula is C32H26ClF3N6O4. The maximum Gasteiger partial charge on any atom is 0.491 e. The molecule has 1 saturated carbocycles. The van der Waals surface area contributed by atoms with Crippen LogP contribution in [0, 0.1) is 0 Å². The minimum atomic E-state index is -5.29. The summed E-state index contributed by atoms with van der Waals surface area (Å²) < 4.78 is 50.0. The van der Waals surface area contributed by atoms with Gasteiger partial charge in [0.15, 0.2) is 5.82 Å². The Labute approximate surface area is 265 Å². The molecule has 0 radical (unpaired) electrons. The van der Waals surface area contributed by atoms with E-state index in [9.17, 15) is 22.8 Å². The first kappa shape index (κ1) is 31.0. The van der Waals surface area contributed by atoms with Gasteiger partial charge in [0.25, 0.3) is 0 Å². The van der Waals surface area contributed by atoms with Crippen LogP contribution in [0.4, 0.5) is 19.1 Å². The summed E-state index contributed by atoms with van der Waals surface area (Å²) in [6, 6.07) is 18.7. The predicted molar refractivity (Wildman–Crippen MR) is 164 cm³/mol. The largest absolute Gasteiger partial charge is 0.491 e. The highest BCUT2D eigenvalue weighted by Crippen LogP contribution is 2.37. The number of fused-ring (bicyclic) bond motifs is 1. The quantitative estimate of drug-likeness (QED) is 0.139. The highest BCUT2D eigenvalue weighted by Gasteiger charge is 2.42. The number of hydrogen-bond acceptors (Lipinski definition) is 9. The summed E-state index contributed by atoms with van der Waals surface area (Å²) in [6.45, 7) is 0. The number of nitrogens with one attached hydrogen (secondary N) is 1. The van der Waals surface area contributed by atoms with Crippen molar-refractivity contribution in [2.24, 2.45) is 0 Å². The van der Waals surface area contributed by atoms with E-state index in [2.05, 4.69) is 29.6 Å². The van der Waals surface area contributed by atoms with Gasteiger partial charge in [-0.1, -0.05) is 43.0 Å².